The molecule has 190 valence electrons. The van der Waals surface area contributed by atoms with Crippen LogP contribution >= 0.6 is 0 Å². The average molecular weight is 502 g/mol. The number of halogens is 2. The lowest BCUT2D eigenvalue weighted by molar-refractivity contribution is 0.0813. The SMILES string of the molecule is [2H]C([2H])([2H])C([2H])([2H])N1CCC[C@@](C)(NC(=O)c2cc(-c3ccc(OCC)nc3)nc(-c3ccc(N)c(F)n3)c2F)C1. The van der Waals surface area contributed by atoms with Gasteiger partial charge in [-0.05, 0) is 64.0 Å². The van der Waals surface area contributed by atoms with Gasteiger partial charge in [-0.3, -0.25) is 4.79 Å². The summed E-state index contributed by atoms with van der Waals surface area (Å²) < 4.78 is 74.5. The molecule has 1 aliphatic heterocycles. The highest BCUT2D eigenvalue weighted by Crippen LogP contribution is 2.29. The van der Waals surface area contributed by atoms with Gasteiger partial charge in [0.1, 0.15) is 5.69 Å². The molecule has 10 heteroatoms. The molecule has 1 amide bonds. The van der Waals surface area contributed by atoms with Gasteiger partial charge in [0.15, 0.2) is 5.82 Å². The first kappa shape index (κ1) is 19.5. The minimum Gasteiger partial charge on any atom is -0.478 e. The van der Waals surface area contributed by atoms with Crippen LogP contribution in [0.5, 0.6) is 5.88 Å². The molecule has 0 spiro atoms. The number of carbonyl (C=O) groups excluding carboxylic acids is 1. The zero-order chi connectivity index (χ0) is 30.2. The summed E-state index contributed by atoms with van der Waals surface area (Å²) in [5, 5.41) is 2.76. The summed E-state index contributed by atoms with van der Waals surface area (Å²) in [6.45, 7) is -1.65. The molecular formula is C26H30F2N6O2. The van der Waals surface area contributed by atoms with E-state index in [1.807, 2.05) is 0 Å². The molecule has 1 aliphatic rings. The van der Waals surface area contributed by atoms with Crippen LogP contribution in [-0.4, -0.2) is 57.5 Å². The average Bonchev–Trinajstić information content (AvgIpc) is 2.90. The zero-order valence-electron chi connectivity index (χ0n) is 24.9. The smallest absolute Gasteiger partial charge is 0.254 e. The Bertz CT molecular complexity index is 1440. The summed E-state index contributed by atoms with van der Waals surface area (Å²) in [5.41, 5.74) is 3.76. The number of hydrogen-bond donors (Lipinski definition) is 2. The number of piperidine rings is 1. The number of nitrogen functional groups attached to an aromatic ring is 1. The zero-order valence-corrected chi connectivity index (χ0v) is 19.9. The fourth-order valence-electron chi connectivity index (χ4n) is 4.13. The minimum absolute atomic E-state index is 0.121. The van der Waals surface area contributed by atoms with Gasteiger partial charge < -0.3 is 20.7 Å². The lowest BCUT2D eigenvalue weighted by atomic mass is 9.90. The number of pyridine rings is 3. The van der Waals surface area contributed by atoms with Crippen LogP contribution in [0.2, 0.25) is 0 Å². The van der Waals surface area contributed by atoms with Gasteiger partial charge in [0.05, 0.1) is 34.8 Å². The van der Waals surface area contributed by atoms with Crippen molar-refractivity contribution in [1.82, 2.24) is 25.2 Å². The molecule has 4 rings (SSSR count). The summed E-state index contributed by atoms with van der Waals surface area (Å²) in [7, 11) is 0. The molecule has 0 saturated carbocycles. The molecular weight excluding hydrogens is 466 g/mol. The van der Waals surface area contributed by atoms with Crippen LogP contribution in [0.4, 0.5) is 14.5 Å². The van der Waals surface area contributed by atoms with E-state index >= 15 is 4.39 Å². The molecule has 36 heavy (non-hydrogen) atoms. The second-order valence-corrected chi connectivity index (χ2v) is 8.76. The molecule has 3 aromatic rings. The number of nitrogens with one attached hydrogen (secondary N) is 1. The number of nitrogens with zero attached hydrogens (tertiary/aromatic N) is 4. The number of likely N-dealkylation sites (N-methyl/N-ethyl adjacent to an activating group) is 1. The quantitative estimate of drug-likeness (QED) is 0.470. The van der Waals surface area contributed by atoms with Gasteiger partial charge >= 0.3 is 0 Å². The first-order valence-corrected chi connectivity index (χ1v) is 11.4. The summed E-state index contributed by atoms with van der Waals surface area (Å²) >= 11 is 0. The maximum absolute atomic E-state index is 15.9. The summed E-state index contributed by atoms with van der Waals surface area (Å²) in [6.07, 6.45) is 2.23. The van der Waals surface area contributed by atoms with Crippen molar-refractivity contribution in [3.8, 4) is 28.5 Å². The van der Waals surface area contributed by atoms with Crippen molar-refractivity contribution in [2.24, 2.45) is 0 Å². The summed E-state index contributed by atoms with van der Waals surface area (Å²) in [5.74, 6) is -2.58. The maximum Gasteiger partial charge on any atom is 0.254 e. The van der Waals surface area contributed by atoms with E-state index in [-0.39, 0.29) is 30.2 Å². The fourth-order valence-corrected chi connectivity index (χ4v) is 4.13. The molecule has 1 fully saturated rings. The third-order valence-electron chi connectivity index (χ3n) is 5.92. The largest absolute Gasteiger partial charge is 0.478 e. The molecule has 0 unspecified atom stereocenters. The van der Waals surface area contributed by atoms with Crippen LogP contribution in [-0.2, 0) is 0 Å². The van der Waals surface area contributed by atoms with E-state index in [4.69, 9.17) is 17.3 Å². The van der Waals surface area contributed by atoms with Gasteiger partial charge in [-0.15, -0.1) is 0 Å². The van der Waals surface area contributed by atoms with Gasteiger partial charge in [0.2, 0.25) is 11.8 Å². The van der Waals surface area contributed by atoms with E-state index in [2.05, 4.69) is 20.3 Å². The number of anilines is 1. The van der Waals surface area contributed by atoms with Gasteiger partial charge in [0, 0.05) is 31.2 Å². The fraction of sp³-hybridized carbons (Fsp3) is 0.385. The highest BCUT2D eigenvalue weighted by atomic mass is 19.1. The van der Waals surface area contributed by atoms with Crippen LogP contribution < -0.4 is 15.8 Å². The van der Waals surface area contributed by atoms with Crippen LogP contribution in [0.25, 0.3) is 22.6 Å². The van der Waals surface area contributed by atoms with Crippen molar-refractivity contribution in [2.75, 3.05) is 31.9 Å². The van der Waals surface area contributed by atoms with Crippen LogP contribution in [0.1, 0.15) is 50.8 Å². The maximum atomic E-state index is 15.9. The molecule has 0 aromatic carbocycles. The number of aromatic nitrogens is 3. The second kappa shape index (κ2) is 10.5. The Morgan fingerprint density at radius 2 is 2.14 bits per heavy atom. The number of rotatable bonds is 7. The number of nitrogens with two attached hydrogens (primary N) is 1. The van der Waals surface area contributed by atoms with Crippen molar-refractivity contribution in [3.05, 3.63) is 53.9 Å². The standard InChI is InChI=1S/C26H30F2N6O2/c1-4-34-12-6-11-26(3,15-34)33-25(35)17-13-20(16-7-10-21(30-14-16)36-5-2)31-23(22(17)27)19-9-8-18(29)24(28)32-19/h7-10,13-14H,4-6,11-12,15,29H2,1-3H3,(H,33,35)/t26-/m1/s1/i1D3,4D2. The highest BCUT2D eigenvalue weighted by Gasteiger charge is 2.33. The normalized spacial score (nSPS) is 20.9. The second-order valence-electron chi connectivity index (χ2n) is 8.76. The van der Waals surface area contributed by atoms with E-state index in [0.717, 1.165) is 4.90 Å². The lowest BCUT2D eigenvalue weighted by Gasteiger charge is -2.40. The number of amides is 1. The third-order valence-corrected chi connectivity index (χ3v) is 5.92. The Morgan fingerprint density at radius 3 is 2.83 bits per heavy atom. The van der Waals surface area contributed by atoms with E-state index in [9.17, 15) is 9.18 Å². The molecule has 0 radical (unpaired) electrons. The molecule has 3 aromatic heterocycles. The molecule has 0 bridgehead atoms. The first-order chi connectivity index (χ1) is 19.1. The predicted molar refractivity (Wildman–Crippen MR) is 133 cm³/mol. The van der Waals surface area contributed by atoms with E-state index in [0.29, 0.717) is 30.9 Å². The topological polar surface area (TPSA) is 106 Å². The van der Waals surface area contributed by atoms with Gasteiger partial charge in [-0.1, -0.05) is 6.85 Å². The minimum atomic E-state index is -2.91. The number of hydrogen-bond acceptors (Lipinski definition) is 7. The van der Waals surface area contributed by atoms with Crippen LogP contribution in [0.15, 0.2) is 36.5 Å². The molecule has 0 aliphatic carbocycles. The molecule has 4 heterocycles. The molecule has 1 atom stereocenters. The lowest BCUT2D eigenvalue weighted by Crippen LogP contribution is -2.56. The highest BCUT2D eigenvalue weighted by molar-refractivity contribution is 5.97. The van der Waals surface area contributed by atoms with Crippen molar-refractivity contribution in [2.45, 2.75) is 39.1 Å². The van der Waals surface area contributed by atoms with Crippen molar-refractivity contribution >= 4 is 11.6 Å². The van der Waals surface area contributed by atoms with E-state index in [1.165, 1.54) is 24.4 Å². The van der Waals surface area contributed by atoms with E-state index in [1.54, 1.807) is 26.0 Å². The molecule has 8 nitrogen and oxygen atoms in total. The van der Waals surface area contributed by atoms with Gasteiger partial charge in [0.25, 0.3) is 5.91 Å². The summed E-state index contributed by atoms with van der Waals surface area (Å²) in [4.78, 5) is 26.9. The Balaban J connectivity index is 1.74. The number of likely N-dealkylation sites (tertiary alicyclic amines) is 1. The molecule has 3 N–H and O–H groups in total. The van der Waals surface area contributed by atoms with E-state index < -0.39 is 47.8 Å². The van der Waals surface area contributed by atoms with Crippen LogP contribution in [0, 0.1) is 11.8 Å². The predicted octanol–water partition coefficient (Wildman–Crippen LogP) is 4.07. The number of carbonyl (C=O) groups is 1. The Hall–Kier alpha value is -3.66. The first-order valence-electron chi connectivity index (χ1n) is 13.9. The Labute approximate surface area is 215 Å². The number of ether oxygens (including phenoxy) is 1. The van der Waals surface area contributed by atoms with Gasteiger partial charge in [-0.25, -0.2) is 19.3 Å². The Morgan fingerprint density at radius 1 is 1.31 bits per heavy atom. The van der Waals surface area contributed by atoms with Crippen molar-refractivity contribution in [1.29, 1.82) is 0 Å². The van der Waals surface area contributed by atoms with Gasteiger partial charge in [-0.2, -0.15) is 4.39 Å². The van der Waals surface area contributed by atoms with Crippen LogP contribution in [0.3, 0.4) is 0 Å². The Kier molecular flexibility index (Phi) is 5.71. The van der Waals surface area contributed by atoms with Crippen molar-refractivity contribution in [3.63, 3.8) is 0 Å². The molecule has 1 saturated heterocycles. The summed E-state index contributed by atoms with van der Waals surface area (Å²) in [6, 6.07) is 6.92. The van der Waals surface area contributed by atoms with Crippen molar-refractivity contribution < 1.29 is 25.2 Å². The third kappa shape index (κ3) is 5.43. The monoisotopic (exact) mass is 501 g/mol.